The van der Waals surface area contributed by atoms with Crippen LogP contribution in [0.4, 0.5) is 0 Å². The molecule has 0 unspecified atom stereocenters. The molecule has 1 aromatic heterocycles. The number of ether oxygens (including phenoxy) is 1. The van der Waals surface area contributed by atoms with Crippen LogP contribution in [0.25, 0.3) is 0 Å². The number of nitrogens with zero attached hydrogens (tertiary/aromatic N) is 2. The number of amides is 1. The molecule has 2 aromatic rings. The number of carbonyl (C=O) groups excluding carboxylic acids is 1. The monoisotopic (exact) mass is 339 g/mol. The lowest BCUT2D eigenvalue weighted by molar-refractivity contribution is 0.0741. The molecule has 1 aliphatic heterocycles. The summed E-state index contributed by atoms with van der Waals surface area (Å²) in [4.78, 5) is 18.8. The zero-order valence-electron chi connectivity index (χ0n) is 14.9. The number of hydrogen-bond acceptors (Lipinski definition) is 4. The number of carbonyl (C=O) groups is 1. The van der Waals surface area contributed by atoms with Crippen molar-refractivity contribution >= 4 is 5.91 Å². The quantitative estimate of drug-likeness (QED) is 0.909. The predicted octanol–water partition coefficient (Wildman–Crippen LogP) is 2.84. The molecule has 2 N–H and O–H groups in total. The van der Waals surface area contributed by atoms with Gasteiger partial charge in [0.2, 0.25) is 0 Å². The zero-order valence-corrected chi connectivity index (χ0v) is 14.9. The van der Waals surface area contributed by atoms with Crippen LogP contribution in [0.15, 0.2) is 36.7 Å². The second-order valence-electron chi connectivity index (χ2n) is 6.62. The molecule has 1 aliphatic rings. The molecule has 1 fully saturated rings. The Morgan fingerprint density at radius 3 is 2.76 bits per heavy atom. The molecule has 0 radical (unpaired) electrons. The summed E-state index contributed by atoms with van der Waals surface area (Å²) in [6.07, 6.45) is 5.56. The first kappa shape index (κ1) is 17.4. The number of aromatic nitrogens is 1. The lowest BCUT2D eigenvalue weighted by Gasteiger charge is -2.24. The molecule has 3 rings (SSSR count). The van der Waals surface area contributed by atoms with Gasteiger partial charge >= 0.3 is 0 Å². The fourth-order valence-corrected chi connectivity index (χ4v) is 3.45. The summed E-state index contributed by atoms with van der Waals surface area (Å²) in [6.45, 7) is 5.73. The Kier molecular flexibility index (Phi) is 5.34. The summed E-state index contributed by atoms with van der Waals surface area (Å²) in [5, 5.41) is 0. The Labute approximate surface area is 148 Å². The van der Waals surface area contributed by atoms with Gasteiger partial charge in [-0.15, -0.1) is 0 Å². The molecular formula is C20H25N3O2. The minimum atomic E-state index is 0.0676. The van der Waals surface area contributed by atoms with E-state index in [0.717, 1.165) is 41.8 Å². The predicted molar refractivity (Wildman–Crippen MR) is 97.6 cm³/mol. The van der Waals surface area contributed by atoms with Crippen LogP contribution in [0, 0.1) is 13.8 Å². The van der Waals surface area contributed by atoms with E-state index in [0.29, 0.717) is 18.7 Å². The number of nitrogens with two attached hydrogens (primary N) is 1. The second-order valence-corrected chi connectivity index (χ2v) is 6.62. The standard InChI is InChI=1S/C20H25N3O2/c1-14-9-17(20(24)23-8-4-6-18(23)11-21)10-15(2)19(14)25-13-16-5-3-7-22-12-16/h3,5,7,9-10,12,18H,4,6,8,11,13,21H2,1-2H3/t18-/m1/s1. The summed E-state index contributed by atoms with van der Waals surface area (Å²) < 4.78 is 5.97. The summed E-state index contributed by atoms with van der Waals surface area (Å²) in [5.74, 6) is 0.898. The Hall–Kier alpha value is -2.40. The van der Waals surface area contributed by atoms with Gasteiger partial charge in [0.05, 0.1) is 0 Å². The third kappa shape index (κ3) is 3.82. The van der Waals surface area contributed by atoms with Crippen LogP contribution < -0.4 is 10.5 Å². The molecule has 0 aliphatic carbocycles. The molecule has 25 heavy (non-hydrogen) atoms. The van der Waals surface area contributed by atoms with Crippen molar-refractivity contribution in [2.24, 2.45) is 5.73 Å². The van der Waals surface area contributed by atoms with E-state index in [9.17, 15) is 4.79 Å². The van der Waals surface area contributed by atoms with Crippen molar-refractivity contribution in [3.05, 3.63) is 58.9 Å². The Balaban J connectivity index is 1.76. The van der Waals surface area contributed by atoms with E-state index >= 15 is 0 Å². The molecule has 132 valence electrons. The van der Waals surface area contributed by atoms with Gasteiger partial charge in [0.25, 0.3) is 5.91 Å². The Morgan fingerprint density at radius 2 is 2.12 bits per heavy atom. The van der Waals surface area contributed by atoms with Crippen molar-refractivity contribution in [2.75, 3.05) is 13.1 Å². The molecule has 5 heteroatoms. The van der Waals surface area contributed by atoms with Crippen molar-refractivity contribution in [3.63, 3.8) is 0 Å². The molecule has 1 amide bonds. The fraction of sp³-hybridized carbons (Fsp3) is 0.400. The smallest absolute Gasteiger partial charge is 0.254 e. The molecule has 5 nitrogen and oxygen atoms in total. The van der Waals surface area contributed by atoms with Crippen LogP contribution in [-0.2, 0) is 6.61 Å². The van der Waals surface area contributed by atoms with Gasteiger partial charge in [-0.25, -0.2) is 0 Å². The third-order valence-corrected chi connectivity index (χ3v) is 4.72. The average Bonchev–Trinajstić information content (AvgIpc) is 3.09. The normalized spacial score (nSPS) is 16.9. The summed E-state index contributed by atoms with van der Waals surface area (Å²) >= 11 is 0. The average molecular weight is 339 g/mol. The molecule has 2 heterocycles. The van der Waals surface area contributed by atoms with Crippen molar-refractivity contribution < 1.29 is 9.53 Å². The zero-order chi connectivity index (χ0) is 17.8. The number of pyridine rings is 1. The van der Waals surface area contributed by atoms with Gasteiger partial charge in [0.15, 0.2) is 0 Å². The van der Waals surface area contributed by atoms with Gasteiger partial charge in [-0.1, -0.05) is 6.07 Å². The van der Waals surface area contributed by atoms with Crippen molar-refractivity contribution in [1.82, 2.24) is 9.88 Å². The number of hydrogen-bond donors (Lipinski definition) is 1. The Bertz CT molecular complexity index is 723. The first-order valence-electron chi connectivity index (χ1n) is 8.74. The third-order valence-electron chi connectivity index (χ3n) is 4.72. The van der Waals surface area contributed by atoms with E-state index in [2.05, 4.69) is 4.98 Å². The molecule has 0 bridgehead atoms. The van der Waals surface area contributed by atoms with Crippen LogP contribution in [-0.4, -0.2) is 34.9 Å². The van der Waals surface area contributed by atoms with Gasteiger partial charge in [-0.05, 0) is 56.0 Å². The highest BCUT2D eigenvalue weighted by atomic mass is 16.5. The van der Waals surface area contributed by atoms with E-state index in [1.165, 1.54) is 0 Å². The highest BCUT2D eigenvalue weighted by Crippen LogP contribution is 2.28. The fourth-order valence-electron chi connectivity index (χ4n) is 3.45. The first-order valence-corrected chi connectivity index (χ1v) is 8.74. The van der Waals surface area contributed by atoms with E-state index in [1.807, 2.05) is 43.0 Å². The number of likely N-dealkylation sites (tertiary alicyclic amines) is 1. The van der Waals surface area contributed by atoms with Crippen molar-refractivity contribution in [2.45, 2.75) is 39.3 Å². The maximum Gasteiger partial charge on any atom is 0.254 e. The van der Waals surface area contributed by atoms with E-state index in [4.69, 9.17) is 10.5 Å². The molecule has 0 spiro atoms. The first-order chi connectivity index (χ1) is 12.1. The molecule has 1 atom stereocenters. The van der Waals surface area contributed by atoms with Gasteiger partial charge in [0, 0.05) is 42.7 Å². The van der Waals surface area contributed by atoms with Crippen LogP contribution in [0.5, 0.6) is 5.75 Å². The second kappa shape index (κ2) is 7.66. The van der Waals surface area contributed by atoms with Crippen molar-refractivity contribution in [1.29, 1.82) is 0 Å². The lowest BCUT2D eigenvalue weighted by atomic mass is 10.0. The van der Waals surface area contributed by atoms with Crippen LogP contribution in [0.3, 0.4) is 0 Å². The van der Waals surface area contributed by atoms with E-state index < -0.39 is 0 Å². The molecule has 0 saturated carbocycles. The number of rotatable bonds is 5. The highest BCUT2D eigenvalue weighted by Gasteiger charge is 2.28. The topological polar surface area (TPSA) is 68.5 Å². The van der Waals surface area contributed by atoms with Gasteiger partial charge in [0.1, 0.15) is 12.4 Å². The lowest BCUT2D eigenvalue weighted by Crippen LogP contribution is -2.39. The highest BCUT2D eigenvalue weighted by molar-refractivity contribution is 5.95. The maximum absolute atomic E-state index is 12.8. The van der Waals surface area contributed by atoms with Crippen LogP contribution in [0.1, 0.15) is 39.9 Å². The minimum Gasteiger partial charge on any atom is -0.488 e. The summed E-state index contributed by atoms with van der Waals surface area (Å²) in [5.41, 5.74) is 9.47. The largest absolute Gasteiger partial charge is 0.488 e. The van der Waals surface area contributed by atoms with Crippen LogP contribution >= 0.6 is 0 Å². The van der Waals surface area contributed by atoms with Gasteiger partial charge in [-0.2, -0.15) is 0 Å². The number of benzene rings is 1. The van der Waals surface area contributed by atoms with Gasteiger partial charge in [-0.3, -0.25) is 9.78 Å². The SMILES string of the molecule is Cc1cc(C(=O)N2CCC[C@@H]2CN)cc(C)c1OCc1cccnc1. The van der Waals surface area contributed by atoms with Crippen LogP contribution in [0.2, 0.25) is 0 Å². The van der Waals surface area contributed by atoms with E-state index in [1.54, 1.807) is 12.4 Å². The minimum absolute atomic E-state index is 0.0676. The molecule has 1 saturated heterocycles. The summed E-state index contributed by atoms with van der Waals surface area (Å²) in [6, 6.07) is 7.87. The van der Waals surface area contributed by atoms with E-state index in [-0.39, 0.29) is 11.9 Å². The van der Waals surface area contributed by atoms with Gasteiger partial charge < -0.3 is 15.4 Å². The molecule has 1 aromatic carbocycles. The summed E-state index contributed by atoms with van der Waals surface area (Å²) in [7, 11) is 0. The number of aryl methyl sites for hydroxylation is 2. The maximum atomic E-state index is 12.8. The molecular weight excluding hydrogens is 314 g/mol. The van der Waals surface area contributed by atoms with Crippen molar-refractivity contribution in [3.8, 4) is 5.75 Å². The Morgan fingerprint density at radius 1 is 1.36 bits per heavy atom.